The Hall–Kier alpha value is -1.86. The number of Topliss-reactive ketones (excluding diaryl/α,β-unsaturated/α-hetero) is 1. The first-order valence-electron chi connectivity index (χ1n) is 4.50. The average molecular weight is 237 g/mol. The number of nitriles is 1. The van der Waals surface area contributed by atoms with Crippen molar-refractivity contribution in [2.45, 2.75) is 12.3 Å². The third kappa shape index (κ3) is 3.07. The van der Waals surface area contributed by atoms with E-state index in [-0.39, 0.29) is 0 Å². The zero-order chi connectivity index (χ0) is 12.1. The Morgan fingerprint density at radius 1 is 1.38 bits per heavy atom. The summed E-state index contributed by atoms with van der Waals surface area (Å²) in [7, 11) is 0. The number of halogens is 1. The summed E-state index contributed by atoms with van der Waals surface area (Å²) in [6.45, 7) is 1.25. The molecule has 1 N–H and O–H groups in total. The first kappa shape index (κ1) is 12.2. The van der Waals surface area contributed by atoms with Crippen LogP contribution in [0.1, 0.15) is 12.5 Å². The average Bonchev–Trinajstić information content (AvgIpc) is 2.28. The van der Waals surface area contributed by atoms with Gasteiger partial charge in [-0.15, -0.1) is 11.6 Å². The van der Waals surface area contributed by atoms with Crippen molar-refractivity contribution in [3.8, 4) is 6.07 Å². The highest BCUT2D eigenvalue weighted by Crippen LogP contribution is 2.10. The van der Waals surface area contributed by atoms with Gasteiger partial charge >= 0.3 is 0 Å². The summed E-state index contributed by atoms with van der Waals surface area (Å²) in [4.78, 5) is 22.2. The molecule has 5 heteroatoms. The quantitative estimate of drug-likeness (QED) is 0.641. The molecule has 0 aliphatic rings. The normalized spacial score (nSPS) is 11.3. The van der Waals surface area contributed by atoms with E-state index in [1.807, 2.05) is 6.07 Å². The van der Waals surface area contributed by atoms with Crippen LogP contribution in [0.25, 0.3) is 0 Å². The molecular formula is C11H9ClN2O2. The minimum absolute atomic E-state index is 0.409. The van der Waals surface area contributed by atoms with Crippen molar-refractivity contribution in [2.75, 3.05) is 5.32 Å². The Bertz CT molecular complexity index is 448. The lowest BCUT2D eigenvalue weighted by atomic mass is 10.2. The van der Waals surface area contributed by atoms with Crippen LogP contribution in [0, 0.1) is 11.3 Å². The fourth-order valence-electron chi connectivity index (χ4n) is 1.02. The summed E-state index contributed by atoms with van der Waals surface area (Å²) in [5, 5.41) is 9.86. The number of anilines is 1. The number of alkyl halides is 1. The summed E-state index contributed by atoms with van der Waals surface area (Å²) >= 11 is 5.56. The van der Waals surface area contributed by atoms with Gasteiger partial charge in [-0.3, -0.25) is 9.59 Å². The molecular weight excluding hydrogens is 228 g/mol. The number of hydrogen-bond acceptors (Lipinski definition) is 3. The van der Waals surface area contributed by atoms with Gasteiger partial charge in [0.1, 0.15) is 0 Å². The number of carbonyl (C=O) groups is 2. The molecule has 0 heterocycles. The highest BCUT2D eigenvalue weighted by atomic mass is 35.5. The molecule has 1 aromatic rings. The molecule has 0 radical (unpaired) electrons. The molecule has 0 spiro atoms. The van der Waals surface area contributed by atoms with Crippen molar-refractivity contribution < 1.29 is 9.59 Å². The smallest absolute Gasteiger partial charge is 0.250 e. The van der Waals surface area contributed by atoms with E-state index in [9.17, 15) is 9.59 Å². The van der Waals surface area contributed by atoms with Crippen LogP contribution in [0.2, 0.25) is 0 Å². The standard InChI is InChI=1S/C11H9ClN2O2/c1-7(15)10(12)11(16)14-9-4-2-8(6-13)3-5-9/h2-5,10H,1H3,(H,14,16). The number of hydrogen-bond donors (Lipinski definition) is 1. The van der Waals surface area contributed by atoms with Crippen molar-refractivity contribution in [3.63, 3.8) is 0 Å². The van der Waals surface area contributed by atoms with E-state index in [1.165, 1.54) is 6.92 Å². The Labute approximate surface area is 97.8 Å². The van der Waals surface area contributed by atoms with Crippen molar-refractivity contribution in [3.05, 3.63) is 29.8 Å². The molecule has 82 valence electrons. The Morgan fingerprint density at radius 2 is 1.94 bits per heavy atom. The lowest BCUT2D eigenvalue weighted by Gasteiger charge is -2.07. The third-order valence-corrected chi connectivity index (χ3v) is 2.37. The molecule has 4 nitrogen and oxygen atoms in total. The van der Waals surface area contributed by atoms with E-state index in [0.717, 1.165) is 0 Å². The molecule has 0 aromatic heterocycles. The zero-order valence-corrected chi connectivity index (χ0v) is 9.28. The van der Waals surface area contributed by atoms with Gasteiger partial charge in [-0.05, 0) is 31.2 Å². The second kappa shape index (κ2) is 5.29. The summed E-state index contributed by atoms with van der Waals surface area (Å²) < 4.78 is 0. The molecule has 1 aromatic carbocycles. The number of amides is 1. The first-order valence-corrected chi connectivity index (χ1v) is 4.94. The van der Waals surface area contributed by atoms with Crippen LogP contribution < -0.4 is 5.32 Å². The summed E-state index contributed by atoms with van der Waals surface area (Å²) in [5.41, 5.74) is 0.989. The van der Waals surface area contributed by atoms with Crippen molar-refractivity contribution >= 4 is 29.0 Å². The number of benzene rings is 1. The van der Waals surface area contributed by atoms with E-state index in [4.69, 9.17) is 16.9 Å². The van der Waals surface area contributed by atoms with Crippen LogP contribution in [-0.4, -0.2) is 17.1 Å². The molecule has 1 amide bonds. The van der Waals surface area contributed by atoms with Gasteiger partial charge in [0.25, 0.3) is 0 Å². The molecule has 0 bridgehead atoms. The predicted octanol–water partition coefficient (Wildman–Crippen LogP) is 1.69. The van der Waals surface area contributed by atoms with Crippen LogP contribution in [0.15, 0.2) is 24.3 Å². The molecule has 0 fully saturated rings. The van der Waals surface area contributed by atoms with Gasteiger partial charge in [0.15, 0.2) is 11.2 Å². The molecule has 1 unspecified atom stereocenters. The second-order valence-electron chi connectivity index (χ2n) is 3.15. The van der Waals surface area contributed by atoms with Gasteiger partial charge in [0.2, 0.25) is 5.91 Å². The largest absolute Gasteiger partial charge is 0.324 e. The fourth-order valence-corrected chi connectivity index (χ4v) is 1.07. The zero-order valence-electron chi connectivity index (χ0n) is 8.53. The number of nitrogens with zero attached hydrogens (tertiary/aromatic N) is 1. The summed E-state index contributed by atoms with van der Waals surface area (Å²) in [6, 6.07) is 8.22. The van der Waals surface area contributed by atoms with E-state index in [1.54, 1.807) is 24.3 Å². The molecule has 1 atom stereocenters. The van der Waals surface area contributed by atoms with E-state index >= 15 is 0 Å². The number of carbonyl (C=O) groups excluding carboxylic acids is 2. The molecule has 0 saturated heterocycles. The van der Waals surface area contributed by atoms with Crippen LogP contribution in [-0.2, 0) is 9.59 Å². The van der Waals surface area contributed by atoms with Gasteiger partial charge in [-0.2, -0.15) is 5.26 Å². The van der Waals surface area contributed by atoms with Crippen LogP contribution in [0.5, 0.6) is 0 Å². The van der Waals surface area contributed by atoms with Gasteiger partial charge in [0, 0.05) is 5.69 Å². The lowest BCUT2D eigenvalue weighted by Crippen LogP contribution is -2.28. The maximum absolute atomic E-state index is 11.4. The highest BCUT2D eigenvalue weighted by Gasteiger charge is 2.19. The van der Waals surface area contributed by atoms with E-state index in [0.29, 0.717) is 11.3 Å². The highest BCUT2D eigenvalue weighted by molar-refractivity contribution is 6.43. The lowest BCUT2D eigenvalue weighted by molar-refractivity contribution is -0.123. The van der Waals surface area contributed by atoms with Gasteiger partial charge in [0.05, 0.1) is 11.6 Å². The van der Waals surface area contributed by atoms with E-state index in [2.05, 4.69) is 5.32 Å². The Kier molecular flexibility index (Phi) is 4.03. The van der Waals surface area contributed by atoms with Gasteiger partial charge in [-0.1, -0.05) is 0 Å². The van der Waals surface area contributed by atoms with Crippen LogP contribution in [0.3, 0.4) is 0 Å². The topological polar surface area (TPSA) is 70.0 Å². The van der Waals surface area contributed by atoms with Crippen LogP contribution in [0.4, 0.5) is 5.69 Å². The van der Waals surface area contributed by atoms with Crippen molar-refractivity contribution in [1.82, 2.24) is 0 Å². The maximum atomic E-state index is 11.4. The predicted molar refractivity (Wildman–Crippen MR) is 60.1 cm³/mol. The maximum Gasteiger partial charge on any atom is 0.250 e. The number of ketones is 1. The van der Waals surface area contributed by atoms with Gasteiger partial charge in [-0.25, -0.2) is 0 Å². The summed E-state index contributed by atoms with van der Waals surface area (Å²) in [5.74, 6) is -0.980. The molecule has 0 saturated carbocycles. The van der Waals surface area contributed by atoms with Crippen LogP contribution >= 0.6 is 11.6 Å². The Morgan fingerprint density at radius 3 is 2.38 bits per heavy atom. The SMILES string of the molecule is CC(=O)C(Cl)C(=O)Nc1ccc(C#N)cc1. The second-order valence-corrected chi connectivity index (χ2v) is 3.59. The van der Waals surface area contributed by atoms with Gasteiger partial charge < -0.3 is 5.32 Å². The number of rotatable bonds is 3. The molecule has 0 aliphatic heterocycles. The van der Waals surface area contributed by atoms with Crippen molar-refractivity contribution in [1.29, 1.82) is 5.26 Å². The van der Waals surface area contributed by atoms with E-state index < -0.39 is 17.1 Å². The third-order valence-electron chi connectivity index (χ3n) is 1.87. The molecule has 1 rings (SSSR count). The minimum atomic E-state index is -1.18. The number of nitrogens with one attached hydrogen (secondary N) is 1. The molecule has 0 aliphatic carbocycles. The first-order chi connectivity index (χ1) is 7.54. The monoisotopic (exact) mass is 236 g/mol. The minimum Gasteiger partial charge on any atom is -0.324 e. The summed E-state index contributed by atoms with van der Waals surface area (Å²) in [6.07, 6.45) is 0. The van der Waals surface area contributed by atoms with Crippen molar-refractivity contribution in [2.24, 2.45) is 0 Å². The Balaban J connectivity index is 2.71. The molecule has 16 heavy (non-hydrogen) atoms. The fraction of sp³-hybridized carbons (Fsp3) is 0.182.